The Balaban J connectivity index is 2.78. The summed E-state index contributed by atoms with van der Waals surface area (Å²) in [7, 11) is 0. The van der Waals surface area contributed by atoms with E-state index in [4.69, 9.17) is 10.2 Å². The van der Waals surface area contributed by atoms with Gasteiger partial charge in [0.05, 0.1) is 12.1 Å². The molecule has 0 radical (unpaired) electrons. The van der Waals surface area contributed by atoms with E-state index in [1.165, 1.54) is 12.1 Å². The summed E-state index contributed by atoms with van der Waals surface area (Å²) in [5.41, 5.74) is 5.63. The smallest absolute Gasteiger partial charge is 0.404 e. The molecule has 0 aliphatic rings. The molecule has 0 spiro atoms. The van der Waals surface area contributed by atoms with Crippen LogP contribution in [0.25, 0.3) is 0 Å². The first-order chi connectivity index (χ1) is 6.15. The summed E-state index contributed by atoms with van der Waals surface area (Å²) >= 11 is 0. The monoisotopic (exact) mass is 182 g/mol. The van der Waals surface area contributed by atoms with Gasteiger partial charge in [0.25, 0.3) is 0 Å². The first-order valence-electron chi connectivity index (χ1n) is 3.75. The molecule has 0 aromatic carbocycles. The number of nitrogens with zero attached hydrogens (tertiary/aromatic N) is 1. The van der Waals surface area contributed by atoms with Crippen molar-refractivity contribution >= 4 is 5.88 Å². The number of nitro groups is 1. The van der Waals surface area contributed by atoms with Crippen LogP contribution in [0.15, 0.2) is 29.2 Å². The Hall–Kier alpha value is -1.62. The van der Waals surface area contributed by atoms with Crippen molar-refractivity contribution in [3.05, 3.63) is 40.7 Å². The van der Waals surface area contributed by atoms with Crippen LogP contribution in [0.1, 0.15) is 18.2 Å². The van der Waals surface area contributed by atoms with E-state index in [0.717, 1.165) is 0 Å². The number of rotatable bonds is 4. The van der Waals surface area contributed by atoms with Crippen LogP contribution in [0.2, 0.25) is 0 Å². The van der Waals surface area contributed by atoms with Gasteiger partial charge in [-0.1, -0.05) is 6.08 Å². The topological polar surface area (TPSA) is 82.3 Å². The molecule has 5 heteroatoms. The van der Waals surface area contributed by atoms with Gasteiger partial charge in [-0.05, 0) is 12.5 Å². The van der Waals surface area contributed by atoms with Gasteiger partial charge in [-0.2, -0.15) is 0 Å². The highest BCUT2D eigenvalue weighted by Gasteiger charge is 2.15. The van der Waals surface area contributed by atoms with Gasteiger partial charge in [0.2, 0.25) is 0 Å². The van der Waals surface area contributed by atoms with Crippen LogP contribution < -0.4 is 5.73 Å². The Morgan fingerprint density at radius 3 is 2.92 bits per heavy atom. The third-order valence-electron chi connectivity index (χ3n) is 1.58. The van der Waals surface area contributed by atoms with Crippen LogP contribution >= 0.6 is 0 Å². The zero-order valence-electron chi connectivity index (χ0n) is 6.97. The molecule has 0 bridgehead atoms. The largest absolute Gasteiger partial charge is 0.433 e. The van der Waals surface area contributed by atoms with E-state index in [0.29, 0.717) is 12.2 Å². The molecule has 1 aromatic heterocycles. The van der Waals surface area contributed by atoms with Gasteiger partial charge in [0.15, 0.2) is 0 Å². The zero-order valence-corrected chi connectivity index (χ0v) is 6.97. The van der Waals surface area contributed by atoms with Crippen molar-refractivity contribution in [3.63, 3.8) is 0 Å². The maximum atomic E-state index is 10.2. The summed E-state index contributed by atoms with van der Waals surface area (Å²) in [5, 5.41) is 10.2. The SMILES string of the molecule is C=CC[C@@H](N)c1ccc([N+](=O)[O-])o1. The number of hydrogen-bond donors (Lipinski definition) is 1. The van der Waals surface area contributed by atoms with Crippen molar-refractivity contribution in [2.75, 3.05) is 0 Å². The normalized spacial score (nSPS) is 12.4. The van der Waals surface area contributed by atoms with Gasteiger partial charge < -0.3 is 10.2 Å². The maximum absolute atomic E-state index is 10.2. The first kappa shape index (κ1) is 9.47. The predicted molar refractivity (Wildman–Crippen MR) is 47.1 cm³/mol. The van der Waals surface area contributed by atoms with Crippen LogP contribution in [0.4, 0.5) is 5.88 Å². The van der Waals surface area contributed by atoms with E-state index in [-0.39, 0.29) is 11.9 Å². The van der Waals surface area contributed by atoms with Gasteiger partial charge in [0.1, 0.15) is 10.7 Å². The molecular weight excluding hydrogens is 172 g/mol. The van der Waals surface area contributed by atoms with Crippen molar-refractivity contribution in [1.82, 2.24) is 0 Å². The number of nitrogens with two attached hydrogens (primary N) is 1. The molecule has 0 unspecified atom stereocenters. The van der Waals surface area contributed by atoms with Crippen molar-refractivity contribution < 1.29 is 9.34 Å². The van der Waals surface area contributed by atoms with E-state index in [1.807, 2.05) is 0 Å². The van der Waals surface area contributed by atoms with Gasteiger partial charge in [0, 0.05) is 0 Å². The average Bonchev–Trinajstić information content (AvgIpc) is 2.52. The Bertz CT molecular complexity index is 319. The van der Waals surface area contributed by atoms with E-state index in [2.05, 4.69) is 6.58 Å². The molecule has 1 rings (SSSR count). The molecule has 0 aliphatic carbocycles. The van der Waals surface area contributed by atoms with E-state index in [9.17, 15) is 10.1 Å². The molecule has 1 aromatic rings. The summed E-state index contributed by atoms with van der Waals surface area (Å²) in [6.07, 6.45) is 2.17. The van der Waals surface area contributed by atoms with Crippen molar-refractivity contribution in [3.8, 4) is 0 Å². The van der Waals surface area contributed by atoms with Crippen LogP contribution in [-0.2, 0) is 0 Å². The molecule has 2 N–H and O–H groups in total. The summed E-state index contributed by atoms with van der Waals surface area (Å²) in [6.45, 7) is 3.51. The summed E-state index contributed by atoms with van der Waals surface area (Å²) in [6, 6.07) is 2.44. The van der Waals surface area contributed by atoms with Gasteiger partial charge in [-0.15, -0.1) is 6.58 Å². The lowest BCUT2D eigenvalue weighted by Gasteiger charge is -2.02. The lowest BCUT2D eigenvalue weighted by atomic mass is 10.2. The van der Waals surface area contributed by atoms with E-state index < -0.39 is 4.92 Å². The maximum Gasteiger partial charge on any atom is 0.433 e. The fourth-order valence-corrected chi connectivity index (χ4v) is 0.935. The molecule has 1 heterocycles. The quantitative estimate of drug-likeness (QED) is 0.437. The van der Waals surface area contributed by atoms with Crippen molar-refractivity contribution in [2.45, 2.75) is 12.5 Å². The Morgan fingerprint density at radius 1 is 1.77 bits per heavy atom. The molecule has 0 saturated heterocycles. The number of hydrogen-bond acceptors (Lipinski definition) is 4. The second kappa shape index (κ2) is 3.86. The van der Waals surface area contributed by atoms with E-state index >= 15 is 0 Å². The third-order valence-corrected chi connectivity index (χ3v) is 1.58. The highest BCUT2D eigenvalue weighted by Crippen LogP contribution is 2.21. The molecule has 0 fully saturated rings. The van der Waals surface area contributed by atoms with Crippen LogP contribution in [-0.4, -0.2) is 4.92 Å². The van der Waals surface area contributed by atoms with Crippen LogP contribution in [0.5, 0.6) is 0 Å². The van der Waals surface area contributed by atoms with E-state index in [1.54, 1.807) is 6.08 Å². The molecule has 5 nitrogen and oxygen atoms in total. The Kier molecular flexibility index (Phi) is 2.81. The highest BCUT2D eigenvalue weighted by molar-refractivity contribution is 5.19. The number of furan rings is 1. The van der Waals surface area contributed by atoms with Gasteiger partial charge in [-0.3, -0.25) is 10.1 Å². The predicted octanol–water partition coefficient (Wildman–Crippen LogP) is 1.76. The second-order valence-corrected chi connectivity index (χ2v) is 2.56. The minimum Gasteiger partial charge on any atom is -0.404 e. The van der Waals surface area contributed by atoms with Crippen molar-refractivity contribution in [2.24, 2.45) is 5.73 Å². The summed E-state index contributed by atoms with van der Waals surface area (Å²) in [4.78, 5) is 9.65. The molecule has 70 valence electrons. The second-order valence-electron chi connectivity index (χ2n) is 2.56. The molecule has 1 atom stereocenters. The fourth-order valence-electron chi connectivity index (χ4n) is 0.935. The van der Waals surface area contributed by atoms with Crippen LogP contribution in [0.3, 0.4) is 0 Å². The summed E-state index contributed by atoms with van der Waals surface area (Å²) < 4.78 is 4.89. The first-order valence-corrected chi connectivity index (χ1v) is 3.75. The van der Waals surface area contributed by atoms with Crippen molar-refractivity contribution in [1.29, 1.82) is 0 Å². The summed E-state index contributed by atoms with van der Waals surface area (Å²) in [5.74, 6) is 0.126. The Morgan fingerprint density at radius 2 is 2.46 bits per heavy atom. The zero-order chi connectivity index (χ0) is 9.84. The lowest BCUT2D eigenvalue weighted by Crippen LogP contribution is -2.07. The molecule has 0 amide bonds. The molecule has 0 aliphatic heterocycles. The minimum atomic E-state index is -0.593. The molecule has 13 heavy (non-hydrogen) atoms. The highest BCUT2D eigenvalue weighted by atomic mass is 16.6. The van der Waals surface area contributed by atoms with Gasteiger partial charge >= 0.3 is 5.88 Å². The molecule has 0 saturated carbocycles. The lowest BCUT2D eigenvalue weighted by molar-refractivity contribution is -0.402. The van der Waals surface area contributed by atoms with Gasteiger partial charge in [-0.25, -0.2) is 0 Å². The minimum absolute atomic E-state index is 0.283. The molecular formula is C8H10N2O3. The standard InChI is InChI=1S/C8H10N2O3/c1-2-3-6(9)7-4-5-8(13-7)10(11)12/h2,4-6H,1,3,9H2/t6-/m1/s1. The fraction of sp³-hybridized carbons (Fsp3) is 0.250. The average molecular weight is 182 g/mol. The van der Waals surface area contributed by atoms with Crippen LogP contribution in [0, 0.1) is 10.1 Å². The Labute approximate surface area is 75.0 Å². The third kappa shape index (κ3) is 2.16.